The molecule has 1 aliphatic rings. The summed E-state index contributed by atoms with van der Waals surface area (Å²) in [5.41, 5.74) is 0.531. The van der Waals surface area contributed by atoms with Gasteiger partial charge in [-0.25, -0.2) is 14.0 Å². The Balaban J connectivity index is 1.79. The molecule has 2 N–H and O–H groups in total. The summed E-state index contributed by atoms with van der Waals surface area (Å²) in [4.78, 5) is 24.1. The summed E-state index contributed by atoms with van der Waals surface area (Å²) < 4.78 is 18.4. The molecule has 0 saturated carbocycles. The molecule has 0 radical (unpaired) electrons. The molecular formula is C14H17FN2O4. The number of carbonyl (C=O) groups is 2. The van der Waals surface area contributed by atoms with Crippen molar-refractivity contribution >= 4 is 12.0 Å². The maximum absolute atomic E-state index is 13.4. The Bertz CT molecular complexity index is 523. The van der Waals surface area contributed by atoms with Crippen molar-refractivity contribution in [3.63, 3.8) is 0 Å². The number of carboxylic acids is 1. The second-order valence-electron chi connectivity index (χ2n) is 4.72. The van der Waals surface area contributed by atoms with Gasteiger partial charge in [-0.3, -0.25) is 0 Å². The highest BCUT2D eigenvalue weighted by Gasteiger charge is 2.28. The Morgan fingerprint density at radius 3 is 2.90 bits per heavy atom. The standard InChI is InChI=1S/C14H17FN2O4/c15-11-4-2-1-3-10(11)5-6-16-14(20)17-7-8-21-12(9-17)13(18)19/h1-4,12H,5-9H2,(H,16,20)(H,18,19). The first-order valence-corrected chi connectivity index (χ1v) is 6.68. The molecule has 2 amide bonds. The van der Waals surface area contributed by atoms with Gasteiger partial charge in [-0.1, -0.05) is 18.2 Å². The number of ether oxygens (including phenoxy) is 1. The largest absolute Gasteiger partial charge is 0.479 e. The molecule has 0 bridgehead atoms. The number of rotatable bonds is 4. The van der Waals surface area contributed by atoms with Gasteiger partial charge in [0, 0.05) is 13.1 Å². The first kappa shape index (κ1) is 15.2. The fourth-order valence-electron chi connectivity index (χ4n) is 2.10. The molecule has 1 unspecified atom stereocenters. The number of aliphatic carboxylic acids is 1. The maximum atomic E-state index is 13.4. The van der Waals surface area contributed by atoms with Crippen LogP contribution in [0.25, 0.3) is 0 Å². The molecule has 0 aromatic heterocycles. The molecule has 1 heterocycles. The van der Waals surface area contributed by atoms with Crippen LogP contribution in [-0.4, -0.2) is 54.4 Å². The number of carboxylic acid groups (broad SMARTS) is 1. The highest BCUT2D eigenvalue weighted by atomic mass is 19.1. The number of benzene rings is 1. The third kappa shape index (κ3) is 4.16. The Labute approximate surface area is 121 Å². The van der Waals surface area contributed by atoms with Gasteiger partial charge >= 0.3 is 12.0 Å². The van der Waals surface area contributed by atoms with Gasteiger partial charge in [0.05, 0.1) is 13.2 Å². The summed E-state index contributed by atoms with van der Waals surface area (Å²) in [7, 11) is 0. The van der Waals surface area contributed by atoms with Gasteiger partial charge in [-0.05, 0) is 18.1 Å². The Kier molecular flexibility index (Phi) is 5.10. The molecule has 7 heteroatoms. The van der Waals surface area contributed by atoms with E-state index in [9.17, 15) is 14.0 Å². The summed E-state index contributed by atoms with van der Waals surface area (Å²) in [6, 6.07) is 6.02. The van der Waals surface area contributed by atoms with Gasteiger partial charge in [0.15, 0.2) is 6.10 Å². The lowest BCUT2D eigenvalue weighted by molar-refractivity contribution is -0.154. The molecule has 1 aliphatic heterocycles. The molecule has 1 atom stereocenters. The molecule has 2 rings (SSSR count). The first-order valence-electron chi connectivity index (χ1n) is 6.68. The fraction of sp³-hybridized carbons (Fsp3) is 0.429. The number of carbonyl (C=O) groups excluding carboxylic acids is 1. The van der Waals surface area contributed by atoms with Crippen LogP contribution in [0.3, 0.4) is 0 Å². The third-order valence-electron chi connectivity index (χ3n) is 3.26. The van der Waals surface area contributed by atoms with Crippen molar-refractivity contribution in [2.45, 2.75) is 12.5 Å². The van der Waals surface area contributed by atoms with Crippen molar-refractivity contribution in [1.82, 2.24) is 10.2 Å². The van der Waals surface area contributed by atoms with Crippen LogP contribution >= 0.6 is 0 Å². The van der Waals surface area contributed by atoms with E-state index in [1.54, 1.807) is 18.2 Å². The van der Waals surface area contributed by atoms with Crippen molar-refractivity contribution < 1.29 is 23.8 Å². The fourth-order valence-corrected chi connectivity index (χ4v) is 2.10. The van der Waals surface area contributed by atoms with Crippen LogP contribution in [0.1, 0.15) is 5.56 Å². The van der Waals surface area contributed by atoms with Crippen LogP contribution in [0.15, 0.2) is 24.3 Å². The number of nitrogens with one attached hydrogen (secondary N) is 1. The van der Waals surface area contributed by atoms with E-state index in [1.807, 2.05) is 0 Å². The van der Waals surface area contributed by atoms with Crippen LogP contribution in [0.4, 0.5) is 9.18 Å². The molecule has 21 heavy (non-hydrogen) atoms. The van der Waals surface area contributed by atoms with Crippen LogP contribution in [0.2, 0.25) is 0 Å². The zero-order valence-corrected chi connectivity index (χ0v) is 11.4. The number of nitrogens with zero attached hydrogens (tertiary/aromatic N) is 1. The van der Waals surface area contributed by atoms with E-state index in [-0.39, 0.29) is 31.5 Å². The lowest BCUT2D eigenvalue weighted by Gasteiger charge is -2.30. The minimum atomic E-state index is -1.08. The highest BCUT2D eigenvalue weighted by Crippen LogP contribution is 2.07. The van der Waals surface area contributed by atoms with E-state index in [0.29, 0.717) is 18.5 Å². The molecule has 1 saturated heterocycles. The molecule has 114 valence electrons. The molecule has 1 aromatic carbocycles. The van der Waals surface area contributed by atoms with Gasteiger partial charge in [0.2, 0.25) is 0 Å². The van der Waals surface area contributed by atoms with E-state index < -0.39 is 12.1 Å². The van der Waals surface area contributed by atoms with Gasteiger partial charge in [0.25, 0.3) is 0 Å². The Morgan fingerprint density at radius 2 is 2.19 bits per heavy atom. The SMILES string of the molecule is O=C(O)C1CN(C(=O)NCCc2ccccc2F)CCO1. The average molecular weight is 296 g/mol. The van der Waals surface area contributed by atoms with E-state index >= 15 is 0 Å². The van der Waals surface area contributed by atoms with Gasteiger partial charge < -0.3 is 20.1 Å². The van der Waals surface area contributed by atoms with Crippen molar-refractivity contribution in [2.24, 2.45) is 0 Å². The molecule has 0 aliphatic carbocycles. The van der Waals surface area contributed by atoms with Gasteiger partial charge in [-0.15, -0.1) is 0 Å². The number of amides is 2. The summed E-state index contributed by atoms with van der Waals surface area (Å²) in [5, 5.41) is 11.5. The van der Waals surface area contributed by atoms with Crippen molar-refractivity contribution in [3.8, 4) is 0 Å². The second kappa shape index (κ2) is 7.03. The predicted octanol–water partition coefficient (Wildman–Crippen LogP) is 0.863. The number of urea groups is 1. The summed E-state index contributed by atoms with van der Waals surface area (Å²) >= 11 is 0. The van der Waals surface area contributed by atoms with Crippen molar-refractivity contribution in [2.75, 3.05) is 26.2 Å². The van der Waals surface area contributed by atoms with Gasteiger partial charge in [-0.2, -0.15) is 0 Å². The van der Waals surface area contributed by atoms with Crippen molar-refractivity contribution in [1.29, 1.82) is 0 Å². The lowest BCUT2D eigenvalue weighted by Crippen LogP contribution is -2.52. The van der Waals surface area contributed by atoms with Crippen LogP contribution in [-0.2, 0) is 16.0 Å². The van der Waals surface area contributed by atoms with Gasteiger partial charge in [0.1, 0.15) is 5.82 Å². The smallest absolute Gasteiger partial charge is 0.334 e. The van der Waals surface area contributed by atoms with Crippen molar-refractivity contribution in [3.05, 3.63) is 35.6 Å². The minimum absolute atomic E-state index is 0.0147. The van der Waals surface area contributed by atoms with E-state index in [2.05, 4.69) is 5.32 Å². The Morgan fingerprint density at radius 1 is 1.43 bits per heavy atom. The van der Waals surface area contributed by atoms with Crippen LogP contribution in [0, 0.1) is 5.82 Å². The first-order chi connectivity index (χ1) is 10.1. The lowest BCUT2D eigenvalue weighted by atomic mass is 10.1. The normalized spacial score (nSPS) is 18.3. The number of hydrogen-bond acceptors (Lipinski definition) is 3. The van der Waals surface area contributed by atoms with E-state index in [0.717, 1.165) is 0 Å². The summed E-state index contributed by atoms with van der Waals surface area (Å²) in [6.45, 7) is 0.836. The second-order valence-corrected chi connectivity index (χ2v) is 4.72. The topological polar surface area (TPSA) is 78.9 Å². The summed E-state index contributed by atoms with van der Waals surface area (Å²) in [5.74, 6) is -1.39. The van der Waals surface area contributed by atoms with Crippen LogP contribution in [0.5, 0.6) is 0 Å². The number of halogens is 1. The zero-order chi connectivity index (χ0) is 15.2. The maximum Gasteiger partial charge on any atom is 0.334 e. The third-order valence-corrected chi connectivity index (χ3v) is 3.26. The number of morpholine rings is 1. The number of hydrogen-bond donors (Lipinski definition) is 2. The minimum Gasteiger partial charge on any atom is -0.479 e. The van der Waals surface area contributed by atoms with E-state index in [4.69, 9.17) is 9.84 Å². The molecule has 6 nitrogen and oxygen atoms in total. The summed E-state index contributed by atoms with van der Waals surface area (Å²) in [6.07, 6.45) is -0.610. The Hall–Kier alpha value is -2.15. The van der Waals surface area contributed by atoms with Crippen LogP contribution < -0.4 is 5.32 Å². The molecular weight excluding hydrogens is 279 g/mol. The molecule has 1 aromatic rings. The average Bonchev–Trinajstić information content (AvgIpc) is 2.49. The molecule has 1 fully saturated rings. The zero-order valence-electron chi connectivity index (χ0n) is 11.4. The van der Waals surface area contributed by atoms with E-state index in [1.165, 1.54) is 11.0 Å². The quantitative estimate of drug-likeness (QED) is 0.864. The predicted molar refractivity (Wildman–Crippen MR) is 72.5 cm³/mol. The molecule has 0 spiro atoms. The highest BCUT2D eigenvalue weighted by molar-refractivity contribution is 5.77. The monoisotopic (exact) mass is 296 g/mol.